The first-order chi connectivity index (χ1) is 25.0. The van der Waals surface area contributed by atoms with Crippen molar-refractivity contribution in [3.05, 3.63) is 41.3 Å². The standard InChI is InChI=1S/C33H47ClN6O9P2/c1-2-12-43-16-18-46-20-21-47-19-17-45-15-11-39(23-26-5-3-4-6-29(26)38-9-13-44-14-10-38)31-28-22-35-40(32(28)37-33(34)36-31)30-8-7-27(49-30)24-48-50-25-51(41)42/h1,3-6,22,27,30,41-42,50H,7-21,23-25H2. The second-order valence-corrected chi connectivity index (χ2v) is 14.6. The van der Waals surface area contributed by atoms with Gasteiger partial charge in [0.2, 0.25) is 5.28 Å². The van der Waals surface area contributed by atoms with Crippen molar-refractivity contribution in [2.45, 2.75) is 31.7 Å². The molecule has 18 heteroatoms. The summed E-state index contributed by atoms with van der Waals surface area (Å²) in [6, 6.07) is 8.38. The van der Waals surface area contributed by atoms with Crippen molar-refractivity contribution in [1.82, 2.24) is 19.7 Å². The van der Waals surface area contributed by atoms with Gasteiger partial charge >= 0.3 is 0 Å². The van der Waals surface area contributed by atoms with Gasteiger partial charge in [-0.1, -0.05) is 24.1 Å². The molecule has 0 amide bonds. The quantitative estimate of drug-likeness (QED) is 0.0625. The van der Waals surface area contributed by atoms with E-state index in [0.717, 1.165) is 42.6 Å². The molecule has 2 fully saturated rings. The Kier molecular flexibility index (Phi) is 17.3. The molecule has 2 aliphatic heterocycles. The van der Waals surface area contributed by atoms with Gasteiger partial charge in [0.15, 0.2) is 20.3 Å². The van der Waals surface area contributed by atoms with Gasteiger partial charge in [-0.25, -0.2) is 4.68 Å². The minimum atomic E-state index is -1.96. The van der Waals surface area contributed by atoms with Crippen molar-refractivity contribution in [2.24, 2.45) is 0 Å². The fourth-order valence-electron chi connectivity index (χ4n) is 5.77. The van der Waals surface area contributed by atoms with Crippen molar-refractivity contribution in [1.29, 1.82) is 0 Å². The molecule has 3 unspecified atom stereocenters. The third-order valence-corrected chi connectivity index (χ3v) is 10.3. The molecule has 4 heterocycles. The van der Waals surface area contributed by atoms with Gasteiger partial charge < -0.3 is 52.5 Å². The van der Waals surface area contributed by atoms with E-state index in [1.807, 2.05) is 6.07 Å². The van der Waals surface area contributed by atoms with E-state index < -0.39 is 8.38 Å². The van der Waals surface area contributed by atoms with Crippen molar-refractivity contribution in [3.63, 3.8) is 0 Å². The Bertz CT molecular complexity index is 1510. The Hall–Kier alpha value is -2.28. The molecule has 3 aromatic rings. The largest absolute Gasteiger partial charge is 0.378 e. The third-order valence-electron chi connectivity index (χ3n) is 8.15. The summed E-state index contributed by atoms with van der Waals surface area (Å²) in [6.07, 6.45) is 7.93. The Morgan fingerprint density at radius 2 is 1.73 bits per heavy atom. The summed E-state index contributed by atoms with van der Waals surface area (Å²) < 4.78 is 41.6. The zero-order valence-electron chi connectivity index (χ0n) is 28.6. The van der Waals surface area contributed by atoms with Crippen LogP contribution in [0.25, 0.3) is 11.0 Å². The molecule has 15 nitrogen and oxygen atoms in total. The number of ether oxygens (including phenoxy) is 6. The second-order valence-electron chi connectivity index (χ2n) is 11.7. The van der Waals surface area contributed by atoms with Gasteiger partial charge in [0, 0.05) is 40.7 Å². The van der Waals surface area contributed by atoms with Gasteiger partial charge in [-0.15, -0.1) is 6.42 Å². The number of rotatable bonds is 23. The lowest BCUT2D eigenvalue weighted by Crippen LogP contribution is -2.37. The molecule has 0 spiro atoms. The molecule has 2 N–H and O–H groups in total. The Morgan fingerprint density at radius 3 is 2.47 bits per heavy atom. The van der Waals surface area contributed by atoms with Crippen molar-refractivity contribution >= 4 is 51.3 Å². The smallest absolute Gasteiger partial charge is 0.226 e. The number of para-hydroxylation sites is 1. The van der Waals surface area contributed by atoms with Crippen molar-refractivity contribution in [2.75, 3.05) is 108 Å². The fourth-order valence-corrected chi connectivity index (χ4v) is 7.06. The Balaban J connectivity index is 1.24. The van der Waals surface area contributed by atoms with Gasteiger partial charge in [0.05, 0.1) is 89.7 Å². The number of fused-ring (bicyclic) bond motifs is 1. The van der Waals surface area contributed by atoms with E-state index in [1.54, 1.807) is 10.9 Å². The summed E-state index contributed by atoms with van der Waals surface area (Å²) >= 11 is 6.60. The molecular formula is C33H47ClN6O9P2. The zero-order chi connectivity index (χ0) is 35.7. The fraction of sp³-hybridized carbons (Fsp3) is 0.606. The highest BCUT2D eigenvalue weighted by molar-refractivity contribution is 7.58. The van der Waals surface area contributed by atoms with Crippen LogP contribution in [0.3, 0.4) is 0 Å². The van der Waals surface area contributed by atoms with E-state index in [0.29, 0.717) is 90.6 Å². The SMILES string of the molecule is C#CCOCCOCCOCCOCCN(Cc1ccccc1N1CCOCC1)c1nc(Cl)nc2c1cnn2C1CCC(COPCP(O)O)O1. The van der Waals surface area contributed by atoms with E-state index in [2.05, 4.69) is 44.0 Å². The van der Waals surface area contributed by atoms with Crippen LogP contribution in [0.2, 0.25) is 5.28 Å². The lowest BCUT2D eigenvalue weighted by molar-refractivity contribution is -0.0195. The van der Waals surface area contributed by atoms with Crippen molar-refractivity contribution in [3.8, 4) is 12.3 Å². The highest BCUT2D eigenvalue weighted by Gasteiger charge is 2.30. The topological polar surface area (TPSA) is 155 Å². The molecule has 2 aliphatic rings. The first kappa shape index (κ1) is 39.9. The van der Waals surface area contributed by atoms with E-state index in [4.69, 9.17) is 65.7 Å². The molecule has 0 bridgehead atoms. The average Bonchev–Trinajstić information content (AvgIpc) is 3.79. The van der Waals surface area contributed by atoms with Gasteiger partial charge in [-0.3, -0.25) is 0 Å². The predicted octanol–water partition coefficient (Wildman–Crippen LogP) is 3.56. The van der Waals surface area contributed by atoms with E-state index >= 15 is 0 Å². The first-order valence-electron chi connectivity index (χ1n) is 17.0. The van der Waals surface area contributed by atoms with Crippen LogP contribution in [0.15, 0.2) is 30.5 Å². The minimum absolute atomic E-state index is 0.0110. The molecule has 280 valence electrons. The number of aromatic nitrogens is 4. The maximum atomic E-state index is 9.14. The van der Waals surface area contributed by atoms with Gasteiger partial charge in [-0.05, 0) is 36.1 Å². The van der Waals surface area contributed by atoms with Crippen LogP contribution in [-0.2, 0) is 39.5 Å². The summed E-state index contributed by atoms with van der Waals surface area (Å²) in [5.41, 5.74) is 2.87. The number of hydrogen-bond acceptors (Lipinski definition) is 14. The number of hydrogen-bond donors (Lipinski definition) is 2. The number of terminal acetylenes is 1. The number of halogens is 1. The van der Waals surface area contributed by atoms with Crippen LogP contribution in [0.5, 0.6) is 0 Å². The van der Waals surface area contributed by atoms with E-state index in [-0.39, 0.29) is 38.9 Å². The highest BCUT2D eigenvalue weighted by Crippen LogP contribution is 2.36. The lowest BCUT2D eigenvalue weighted by Gasteiger charge is -2.32. The normalized spacial score (nSPS) is 18.1. The van der Waals surface area contributed by atoms with Crippen LogP contribution in [0.4, 0.5) is 11.5 Å². The van der Waals surface area contributed by atoms with E-state index in [1.165, 1.54) is 0 Å². The molecule has 0 radical (unpaired) electrons. The van der Waals surface area contributed by atoms with Crippen LogP contribution in [0, 0.1) is 12.3 Å². The molecule has 0 saturated carbocycles. The number of anilines is 2. The molecule has 2 aromatic heterocycles. The van der Waals surface area contributed by atoms with Gasteiger partial charge in [-0.2, -0.15) is 15.1 Å². The molecule has 2 saturated heterocycles. The number of morpholine rings is 1. The van der Waals surface area contributed by atoms with Gasteiger partial charge in [0.25, 0.3) is 0 Å². The number of benzene rings is 1. The average molecular weight is 769 g/mol. The Morgan fingerprint density at radius 1 is 1.00 bits per heavy atom. The summed E-state index contributed by atoms with van der Waals surface area (Å²) in [5, 5.41) is 5.55. The molecule has 51 heavy (non-hydrogen) atoms. The molecule has 5 rings (SSSR count). The minimum Gasteiger partial charge on any atom is -0.378 e. The third kappa shape index (κ3) is 12.7. The summed E-state index contributed by atoms with van der Waals surface area (Å²) in [6.45, 7) is 7.85. The lowest BCUT2D eigenvalue weighted by atomic mass is 10.1. The summed E-state index contributed by atoms with van der Waals surface area (Å²) in [5.74, 6) is 3.31. The maximum Gasteiger partial charge on any atom is 0.226 e. The van der Waals surface area contributed by atoms with Crippen LogP contribution < -0.4 is 9.80 Å². The maximum absolute atomic E-state index is 9.14. The summed E-state index contributed by atoms with van der Waals surface area (Å²) in [7, 11) is -1.95. The highest BCUT2D eigenvalue weighted by atomic mass is 35.5. The van der Waals surface area contributed by atoms with Crippen molar-refractivity contribution < 1.29 is 42.7 Å². The molecule has 3 atom stereocenters. The zero-order valence-corrected chi connectivity index (χ0v) is 31.3. The first-order valence-corrected chi connectivity index (χ1v) is 19.9. The Labute approximate surface area is 306 Å². The second kappa shape index (κ2) is 22.1. The monoisotopic (exact) mass is 768 g/mol. The number of nitrogens with zero attached hydrogens (tertiary/aromatic N) is 6. The van der Waals surface area contributed by atoms with Crippen LogP contribution >= 0.6 is 28.8 Å². The molecular weight excluding hydrogens is 722 g/mol. The van der Waals surface area contributed by atoms with Gasteiger partial charge in [0.1, 0.15) is 12.4 Å². The van der Waals surface area contributed by atoms with E-state index in [9.17, 15) is 0 Å². The molecule has 0 aliphatic carbocycles. The predicted molar refractivity (Wildman–Crippen MR) is 197 cm³/mol. The van der Waals surface area contributed by atoms with Crippen LogP contribution in [0.1, 0.15) is 24.6 Å². The summed E-state index contributed by atoms with van der Waals surface area (Å²) in [4.78, 5) is 32.1. The van der Waals surface area contributed by atoms with Crippen LogP contribution in [-0.4, -0.2) is 134 Å². The molecule has 1 aromatic carbocycles.